The number of aryl methyl sites for hydroxylation is 1. The van der Waals surface area contributed by atoms with Gasteiger partial charge in [0.15, 0.2) is 0 Å². The lowest BCUT2D eigenvalue weighted by Crippen LogP contribution is -1.92. The first kappa shape index (κ1) is 9.90. The molecule has 2 aromatic heterocycles. The maximum Gasteiger partial charge on any atom is 0.137 e. The Hall–Kier alpha value is -2.29. The number of aromatic hydroxyl groups is 1. The molecule has 0 aliphatic heterocycles. The third-order valence-corrected chi connectivity index (χ3v) is 2.91. The van der Waals surface area contributed by atoms with Crippen LogP contribution in [0.2, 0.25) is 0 Å². The average molecular weight is 224 g/mol. The molecule has 0 amide bonds. The SMILES string of the molecule is Cc1cc(O)ccc1-c1cccc2nccn12. The Balaban J connectivity index is 2.30. The normalized spacial score (nSPS) is 10.9. The maximum absolute atomic E-state index is 9.44. The fourth-order valence-corrected chi connectivity index (χ4v) is 2.10. The van der Waals surface area contributed by atoms with Crippen molar-refractivity contribution in [2.75, 3.05) is 0 Å². The third-order valence-electron chi connectivity index (χ3n) is 2.91. The van der Waals surface area contributed by atoms with Crippen molar-refractivity contribution in [3.8, 4) is 17.0 Å². The molecule has 0 unspecified atom stereocenters. The van der Waals surface area contributed by atoms with Crippen molar-refractivity contribution in [2.24, 2.45) is 0 Å². The summed E-state index contributed by atoms with van der Waals surface area (Å²) in [5.41, 5.74) is 4.16. The van der Waals surface area contributed by atoms with Crippen LogP contribution in [-0.2, 0) is 0 Å². The number of hydrogen-bond donors (Lipinski definition) is 1. The minimum Gasteiger partial charge on any atom is -0.508 e. The number of fused-ring (bicyclic) bond motifs is 1. The first-order chi connectivity index (χ1) is 8.25. The molecule has 84 valence electrons. The summed E-state index contributed by atoms with van der Waals surface area (Å²) in [6.07, 6.45) is 3.73. The zero-order valence-electron chi connectivity index (χ0n) is 9.46. The van der Waals surface area contributed by atoms with Crippen LogP contribution in [0, 0.1) is 6.92 Å². The molecule has 0 aliphatic rings. The Morgan fingerprint density at radius 1 is 1.18 bits per heavy atom. The van der Waals surface area contributed by atoms with E-state index in [0.717, 1.165) is 22.5 Å². The molecule has 1 N–H and O–H groups in total. The summed E-state index contributed by atoms with van der Waals surface area (Å²) in [6.45, 7) is 1.99. The molecule has 0 saturated heterocycles. The van der Waals surface area contributed by atoms with E-state index >= 15 is 0 Å². The molecule has 0 aliphatic carbocycles. The summed E-state index contributed by atoms with van der Waals surface area (Å²) < 4.78 is 2.04. The van der Waals surface area contributed by atoms with Gasteiger partial charge in [0.05, 0.1) is 5.69 Å². The van der Waals surface area contributed by atoms with Crippen LogP contribution in [-0.4, -0.2) is 14.5 Å². The topological polar surface area (TPSA) is 37.5 Å². The van der Waals surface area contributed by atoms with Crippen LogP contribution in [0.1, 0.15) is 5.56 Å². The highest BCUT2D eigenvalue weighted by molar-refractivity contribution is 5.67. The lowest BCUT2D eigenvalue weighted by atomic mass is 10.0. The van der Waals surface area contributed by atoms with Gasteiger partial charge in [-0.15, -0.1) is 0 Å². The highest BCUT2D eigenvalue weighted by Gasteiger charge is 2.06. The molecule has 0 saturated carbocycles. The predicted molar refractivity (Wildman–Crippen MR) is 67.0 cm³/mol. The fraction of sp³-hybridized carbons (Fsp3) is 0.0714. The molecule has 0 bridgehead atoms. The van der Waals surface area contributed by atoms with Gasteiger partial charge in [-0.3, -0.25) is 4.40 Å². The van der Waals surface area contributed by atoms with Crippen LogP contribution < -0.4 is 0 Å². The van der Waals surface area contributed by atoms with Crippen LogP contribution >= 0.6 is 0 Å². The van der Waals surface area contributed by atoms with E-state index in [1.165, 1.54) is 0 Å². The molecular weight excluding hydrogens is 212 g/mol. The number of phenols is 1. The molecule has 0 fully saturated rings. The van der Waals surface area contributed by atoms with E-state index in [1.54, 1.807) is 18.3 Å². The average Bonchev–Trinajstić information content (AvgIpc) is 2.77. The van der Waals surface area contributed by atoms with Gasteiger partial charge in [-0.1, -0.05) is 6.07 Å². The number of pyridine rings is 1. The third kappa shape index (κ3) is 1.56. The van der Waals surface area contributed by atoms with Crippen LogP contribution in [0.25, 0.3) is 16.9 Å². The summed E-state index contributed by atoms with van der Waals surface area (Å²) in [7, 11) is 0. The van der Waals surface area contributed by atoms with Crippen molar-refractivity contribution in [1.29, 1.82) is 0 Å². The second kappa shape index (κ2) is 3.63. The van der Waals surface area contributed by atoms with Crippen molar-refractivity contribution in [1.82, 2.24) is 9.38 Å². The summed E-state index contributed by atoms with van der Waals surface area (Å²) in [6, 6.07) is 11.4. The van der Waals surface area contributed by atoms with Crippen molar-refractivity contribution in [3.63, 3.8) is 0 Å². The fourth-order valence-electron chi connectivity index (χ4n) is 2.10. The zero-order chi connectivity index (χ0) is 11.8. The number of nitrogens with zero attached hydrogens (tertiary/aromatic N) is 2. The monoisotopic (exact) mass is 224 g/mol. The zero-order valence-corrected chi connectivity index (χ0v) is 9.46. The molecule has 0 atom stereocenters. The first-order valence-electron chi connectivity index (χ1n) is 5.48. The Morgan fingerprint density at radius 3 is 2.88 bits per heavy atom. The van der Waals surface area contributed by atoms with Gasteiger partial charge in [-0.05, 0) is 42.8 Å². The van der Waals surface area contributed by atoms with Gasteiger partial charge in [-0.25, -0.2) is 4.98 Å². The van der Waals surface area contributed by atoms with Gasteiger partial charge in [-0.2, -0.15) is 0 Å². The summed E-state index contributed by atoms with van der Waals surface area (Å²) in [5, 5.41) is 9.44. The van der Waals surface area contributed by atoms with E-state index in [9.17, 15) is 5.11 Å². The first-order valence-corrected chi connectivity index (χ1v) is 5.48. The number of aromatic nitrogens is 2. The molecule has 3 heteroatoms. The Bertz CT molecular complexity index is 686. The van der Waals surface area contributed by atoms with Crippen LogP contribution in [0.3, 0.4) is 0 Å². The second-order valence-electron chi connectivity index (χ2n) is 4.07. The van der Waals surface area contributed by atoms with Crippen molar-refractivity contribution in [3.05, 3.63) is 54.4 Å². The smallest absolute Gasteiger partial charge is 0.137 e. The van der Waals surface area contributed by atoms with Gasteiger partial charge in [0.1, 0.15) is 11.4 Å². The van der Waals surface area contributed by atoms with Crippen LogP contribution in [0.15, 0.2) is 48.8 Å². The quantitative estimate of drug-likeness (QED) is 0.690. The molecule has 3 aromatic rings. The van der Waals surface area contributed by atoms with Crippen molar-refractivity contribution < 1.29 is 5.11 Å². The molecular formula is C14H12N2O. The summed E-state index contributed by atoms with van der Waals surface area (Å²) in [4.78, 5) is 4.27. The van der Waals surface area contributed by atoms with E-state index in [-0.39, 0.29) is 0 Å². The lowest BCUT2D eigenvalue weighted by Gasteiger charge is -2.09. The largest absolute Gasteiger partial charge is 0.508 e. The Kier molecular flexibility index (Phi) is 2.11. The van der Waals surface area contributed by atoms with Gasteiger partial charge in [0, 0.05) is 18.0 Å². The molecule has 17 heavy (non-hydrogen) atoms. The minimum absolute atomic E-state index is 0.295. The van der Waals surface area contributed by atoms with Gasteiger partial charge in [0.25, 0.3) is 0 Å². The van der Waals surface area contributed by atoms with Crippen molar-refractivity contribution in [2.45, 2.75) is 6.92 Å². The highest BCUT2D eigenvalue weighted by atomic mass is 16.3. The molecule has 3 nitrogen and oxygen atoms in total. The Morgan fingerprint density at radius 2 is 2.06 bits per heavy atom. The maximum atomic E-state index is 9.44. The van der Waals surface area contributed by atoms with Gasteiger partial charge >= 0.3 is 0 Å². The number of imidazole rings is 1. The number of benzene rings is 1. The molecule has 1 aromatic carbocycles. The summed E-state index contributed by atoms with van der Waals surface area (Å²) >= 11 is 0. The lowest BCUT2D eigenvalue weighted by molar-refractivity contribution is 0.475. The molecule has 0 spiro atoms. The van der Waals surface area contributed by atoms with Gasteiger partial charge < -0.3 is 5.11 Å². The number of phenolic OH excluding ortho intramolecular Hbond substituents is 1. The standard InChI is InChI=1S/C14H12N2O/c1-10-9-11(17)5-6-12(10)13-3-2-4-14-15-7-8-16(13)14/h2-9,17H,1H3. The molecule has 3 rings (SSSR count). The van der Waals surface area contributed by atoms with Crippen LogP contribution in [0.5, 0.6) is 5.75 Å². The van der Waals surface area contributed by atoms with E-state index in [2.05, 4.69) is 4.98 Å². The summed E-state index contributed by atoms with van der Waals surface area (Å²) in [5.74, 6) is 0.295. The minimum atomic E-state index is 0.295. The van der Waals surface area contributed by atoms with E-state index in [4.69, 9.17) is 0 Å². The predicted octanol–water partition coefficient (Wildman–Crippen LogP) is 3.02. The molecule has 0 radical (unpaired) electrons. The number of rotatable bonds is 1. The second-order valence-corrected chi connectivity index (χ2v) is 4.07. The van der Waals surface area contributed by atoms with Crippen LogP contribution in [0.4, 0.5) is 0 Å². The number of hydrogen-bond acceptors (Lipinski definition) is 2. The highest BCUT2D eigenvalue weighted by Crippen LogP contribution is 2.26. The molecule has 2 heterocycles. The Labute approximate surface area is 99.0 Å². The van der Waals surface area contributed by atoms with E-state index in [0.29, 0.717) is 5.75 Å². The van der Waals surface area contributed by atoms with Crippen molar-refractivity contribution >= 4 is 5.65 Å². The van der Waals surface area contributed by atoms with E-state index < -0.39 is 0 Å². The van der Waals surface area contributed by atoms with Gasteiger partial charge in [0.2, 0.25) is 0 Å². The van der Waals surface area contributed by atoms with E-state index in [1.807, 2.05) is 41.8 Å².